The Hall–Kier alpha value is -1.32. The smallest absolute Gasteiger partial charge is 0.348 e. The van der Waals surface area contributed by atoms with Crippen LogP contribution in [-0.2, 0) is 9.53 Å². The van der Waals surface area contributed by atoms with Gasteiger partial charge in [0.25, 0.3) is 6.17 Å². The van der Waals surface area contributed by atoms with Crippen LogP contribution in [0, 0.1) is 0 Å². The molecule has 1 unspecified atom stereocenters. The second kappa shape index (κ2) is 3.18. The van der Waals surface area contributed by atoms with Gasteiger partial charge in [-0.25, -0.2) is 9.18 Å². The normalized spacial score (nSPS) is 12.5. The van der Waals surface area contributed by atoms with Crippen LogP contribution in [0.3, 0.4) is 0 Å². The fourth-order valence-corrected chi connectivity index (χ4v) is 0.655. The minimum Gasteiger partial charge on any atom is -0.467 e. The highest BCUT2D eigenvalue weighted by atomic mass is 19.1. The molecular weight excluding hydrogens is 151 g/mol. The molecule has 0 spiro atoms. The highest BCUT2D eigenvalue weighted by Gasteiger charge is 2.22. The number of alkyl halides is 1. The number of furan rings is 1. The molecule has 60 valence electrons. The number of hydrogen-bond donors (Lipinski definition) is 0. The zero-order chi connectivity index (χ0) is 8.27. The molecule has 0 amide bonds. The number of carbonyl (C=O) groups is 1. The van der Waals surface area contributed by atoms with Crippen LogP contribution in [0.4, 0.5) is 4.39 Å². The quantitative estimate of drug-likeness (QED) is 0.611. The Labute approximate surface area is 62.8 Å². The number of hydrogen-bond acceptors (Lipinski definition) is 3. The predicted molar refractivity (Wildman–Crippen MR) is 34.6 cm³/mol. The summed E-state index contributed by atoms with van der Waals surface area (Å²) in [6, 6.07) is 2.88. The Bertz CT molecular complexity index is 230. The fraction of sp³-hybridized carbons (Fsp3) is 0.286. The molecule has 1 aromatic rings. The van der Waals surface area contributed by atoms with E-state index in [4.69, 9.17) is 0 Å². The Balaban J connectivity index is 2.70. The van der Waals surface area contributed by atoms with Gasteiger partial charge in [-0.2, -0.15) is 0 Å². The first-order valence-corrected chi connectivity index (χ1v) is 3.01. The molecule has 0 fully saturated rings. The van der Waals surface area contributed by atoms with Crippen molar-refractivity contribution in [1.82, 2.24) is 0 Å². The van der Waals surface area contributed by atoms with Crippen LogP contribution in [0.15, 0.2) is 22.8 Å². The Morgan fingerprint density at radius 2 is 2.55 bits per heavy atom. The van der Waals surface area contributed by atoms with Crippen LogP contribution >= 0.6 is 0 Å². The minimum absolute atomic E-state index is 0.0307. The first kappa shape index (κ1) is 7.78. The average Bonchev–Trinajstić information content (AvgIpc) is 2.53. The zero-order valence-electron chi connectivity index (χ0n) is 5.91. The van der Waals surface area contributed by atoms with Gasteiger partial charge in [-0.3, -0.25) is 0 Å². The molecule has 3 nitrogen and oxygen atoms in total. The van der Waals surface area contributed by atoms with Crippen molar-refractivity contribution in [3.8, 4) is 0 Å². The van der Waals surface area contributed by atoms with Crippen molar-refractivity contribution < 1.29 is 18.3 Å². The molecule has 0 aliphatic heterocycles. The number of halogens is 1. The molecule has 1 heterocycles. The summed E-state index contributed by atoms with van der Waals surface area (Å²) in [4.78, 5) is 10.6. The summed E-state index contributed by atoms with van der Waals surface area (Å²) in [5.74, 6) is -0.975. The summed E-state index contributed by atoms with van der Waals surface area (Å²) in [6.07, 6.45) is -0.514. The molecule has 0 bridgehead atoms. The summed E-state index contributed by atoms with van der Waals surface area (Å²) in [6.45, 7) is 0. The molecule has 0 aliphatic carbocycles. The van der Waals surface area contributed by atoms with Crippen LogP contribution in [0.5, 0.6) is 0 Å². The summed E-state index contributed by atoms with van der Waals surface area (Å²) < 4.78 is 21.6. The molecule has 0 N–H and O–H groups in total. The van der Waals surface area contributed by atoms with Crippen LogP contribution in [0.25, 0.3) is 0 Å². The van der Waals surface area contributed by atoms with Crippen molar-refractivity contribution in [2.75, 3.05) is 7.11 Å². The maximum absolute atomic E-state index is 12.8. The van der Waals surface area contributed by atoms with Crippen molar-refractivity contribution >= 4 is 5.97 Å². The molecule has 11 heavy (non-hydrogen) atoms. The van der Waals surface area contributed by atoms with E-state index >= 15 is 0 Å². The van der Waals surface area contributed by atoms with Crippen LogP contribution < -0.4 is 0 Å². The number of carbonyl (C=O) groups excluding carboxylic acids is 1. The van der Waals surface area contributed by atoms with Gasteiger partial charge in [0.2, 0.25) is 0 Å². The fourth-order valence-electron chi connectivity index (χ4n) is 0.655. The van der Waals surface area contributed by atoms with Gasteiger partial charge >= 0.3 is 5.97 Å². The molecule has 1 aromatic heterocycles. The van der Waals surface area contributed by atoms with Gasteiger partial charge in [0.1, 0.15) is 5.76 Å². The molecule has 0 aliphatic rings. The number of ether oxygens (including phenoxy) is 1. The van der Waals surface area contributed by atoms with Gasteiger partial charge in [0.05, 0.1) is 13.4 Å². The van der Waals surface area contributed by atoms with Crippen LogP contribution in [0.2, 0.25) is 0 Å². The summed E-state index contributed by atoms with van der Waals surface area (Å²) in [5.41, 5.74) is 0. The van der Waals surface area contributed by atoms with E-state index in [-0.39, 0.29) is 5.76 Å². The largest absolute Gasteiger partial charge is 0.467 e. The Kier molecular flexibility index (Phi) is 2.25. The maximum Gasteiger partial charge on any atom is 0.348 e. The number of rotatable bonds is 2. The molecule has 0 radical (unpaired) electrons. The third-order valence-electron chi connectivity index (χ3n) is 1.20. The Morgan fingerprint density at radius 3 is 3.00 bits per heavy atom. The summed E-state index contributed by atoms with van der Waals surface area (Å²) in [5, 5.41) is 0. The van der Waals surface area contributed by atoms with Gasteiger partial charge in [-0.15, -0.1) is 0 Å². The second-order valence-electron chi connectivity index (χ2n) is 1.90. The van der Waals surface area contributed by atoms with E-state index in [1.54, 1.807) is 0 Å². The lowest BCUT2D eigenvalue weighted by molar-refractivity contribution is -0.147. The monoisotopic (exact) mass is 158 g/mol. The van der Waals surface area contributed by atoms with Gasteiger partial charge in [0.15, 0.2) is 0 Å². The number of methoxy groups -OCH3 is 1. The molecule has 0 saturated carbocycles. The van der Waals surface area contributed by atoms with Crippen LogP contribution in [-0.4, -0.2) is 13.1 Å². The van der Waals surface area contributed by atoms with Gasteiger partial charge in [-0.05, 0) is 12.1 Å². The lowest BCUT2D eigenvalue weighted by atomic mass is 10.3. The highest BCUT2D eigenvalue weighted by molar-refractivity contribution is 5.75. The summed E-state index contributed by atoms with van der Waals surface area (Å²) in [7, 11) is 1.12. The highest BCUT2D eigenvalue weighted by Crippen LogP contribution is 2.18. The average molecular weight is 158 g/mol. The van der Waals surface area contributed by atoms with Gasteiger partial charge in [-0.1, -0.05) is 0 Å². The zero-order valence-corrected chi connectivity index (χ0v) is 5.91. The van der Waals surface area contributed by atoms with Crippen molar-refractivity contribution in [3.63, 3.8) is 0 Å². The summed E-state index contributed by atoms with van der Waals surface area (Å²) >= 11 is 0. The van der Waals surface area contributed by atoms with E-state index in [1.165, 1.54) is 18.4 Å². The third-order valence-corrected chi connectivity index (χ3v) is 1.20. The van der Waals surface area contributed by atoms with E-state index in [1.807, 2.05) is 0 Å². The van der Waals surface area contributed by atoms with E-state index in [9.17, 15) is 9.18 Å². The van der Waals surface area contributed by atoms with E-state index in [0.29, 0.717) is 0 Å². The molecule has 4 heteroatoms. The molecule has 1 rings (SSSR count). The first-order chi connectivity index (χ1) is 5.25. The topological polar surface area (TPSA) is 39.4 Å². The molecule has 0 aromatic carbocycles. The lowest BCUT2D eigenvalue weighted by Gasteiger charge is -2.00. The standard InChI is InChI=1S/C7H7FO3/c1-10-7(9)6(8)5-3-2-4-11-5/h2-4,6H,1H3. The van der Waals surface area contributed by atoms with Gasteiger partial charge in [0, 0.05) is 0 Å². The molecule has 0 saturated heterocycles. The Morgan fingerprint density at radius 1 is 1.82 bits per heavy atom. The SMILES string of the molecule is COC(=O)C(F)c1ccco1. The lowest BCUT2D eigenvalue weighted by Crippen LogP contribution is -2.08. The molecule has 1 atom stereocenters. The second-order valence-corrected chi connectivity index (χ2v) is 1.90. The van der Waals surface area contributed by atoms with E-state index in [0.717, 1.165) is 7.11 Å². The molecular formula is C7H7FO3. The van der Waals surface area contributed by atoms with Crippen molar-refractivity contribution in [3.05, 3.63) is 24.2 Å². The van der Waals surface area contributed by atoms with Gasteiger partial charge < -0.3 is 9.15 Å². The maximum atomic E-state index is 12.8. The third kappa shape index (κ3) is 1.58. The van der Waals surface area contributed by atoms with E-state index < -0.39 is 12.1 Å². The van der Waals surface area contributed by atoms with Crippen molar-refractivity contribution in [2.24, 2.45) is 0 Å². The first-order valence-electron chi connectivity index (χ1n) is 3.01. The minimum atomic E-state index is -1.81. The van der Waals surface area contributed by atoms with E-state index in [2.05, 4.69) is 9.15 Å². The number of esters is 1. The predicted octanol–water partition coefficient (Wildman–Crippen LogP) is 1.46. The van der Waals surface area contributed by atoms with Crippen molar-refractivity contribution in [1.29, 1.82) is 0 Å². The van der Waals surface area contributed by atoms with Crippen molar-refractivity contribution in [2.45, 2.75) is 6.17 Å². The van der Waals surface area contributed by atoms with Crippen LogP contribution in [0.1, 0.15) is 11.9 Å².